The van der Waals surface area contributed by atoms with Crippen LogP contribution in [0.3, 0.4) is 0 Å². The number of halogens is 2. The van der Waals surface area contributed by atoms with Gasteiger partial charge in [-0.1, -0.05) is 30.7 Å². The summed E-state index contributed by atoms with van der Waals surface area (Å²) < 4.78 is 66.3. The van der Waals surface area contributed by atoms with E-state index in [0.717, 1.165) is 10.4 Å². The molecule has 3 aromatic rings. The van der Waals surface area contributed by atoms with Crippen LogP contribution in [0.2, 0.25) is 5.02 Å². The minimum atomic E-state index is -4.03. The van der Waals surface area contributed by atoms with E-state index < -0.39 is 44.2 Å². The summed E-state index contributed by atoms with van der Waals surface area (Å²) in [6.45, 7) is 1.05. The summed E-state index contributed by atoms with van der Waals surface area (Å²) in [6, 6.07) is 12.8. The summed E-state index contributed by atoms with van der Waals surface area (Å²) in [5.74, 6) is -1.66. The Morgan fingerprint density at radius 2 is 1.84 bits per heavy atom. The van der Waals surface area contributed by atoms with Gasteiger partial charge in [0.25, 0.3) is 15.9 Å². The van der Waals surface area contributed by atoms with Gasteiger partial charge < -0.3 is 10.4 Å². The highest BCUT2D eigenvalue weighted by Gasteiger charge is 2.33. The number of carbonyl (C=O) groups excluding carboxylic acids is 1. The van der Waals surface area contributed by atoms with Crippen molar-refractivity contribution in [3.8, 4) is 0 Å². The molecule has 37 heavy (non-hydrogen) atoms. The zero-order chi connectivity index (χ0) is 27.0. The van der Waals surface area contributed by atoms with Gasteiger partial charge in [-0.05, 0) is 66.1 Å². The first kappa shape index (κ1) is 27.1. The van der Waals surface area contributed by atoms with Crippen molar-refractivity contribution in [2.45, 2.75) is 29.2 Å². The number of hydrogen-bond donors (Lipinski definition) is 2. The van der Waals surface area contributed by atoms with Gasteiger partial charge in [-0.2, -0.15) is 0 Å². The van der Waals surface area contributed by atoms with Crippen LogP contribution in [-0.4, -0.2) is 46.8 Å². The van der Waals surface area contributed by atoms with Gasteiger partial charge in [0.2, 0.25) is 0 Å². The van der Waals surface area contributed by atoms with Crippen molar-refractivity contribution in [2.75, 3.05) is 23.2 Å². The van der Waals surface area contributed by atoms with Gasteiger partial charge in [0.1, 0.15) is 5.82 Å². The van der Waals surface area contributed by atoms with Gasteiger partial charge in [-0.25, -0.2) is 21.2 Å². The zero-order valence-corrected chi connectivity index (χ0v) is 22.1. The van der Waals surface area contributed by atoms with Crippen molar-refractivity contribution in [3.05, 3.63) is 88.2 Å². The van der Waals surface area contributed by atoms with E-state index in [4.69, 9.17) is 11.6 Å². The first-order chi connectivity index (χ1) is 17.5. The normalized spacial score (nSPS) is 15.6. The number of fused-ring (bicyclic) bond motifs is 1. The van der Waals surface area contributed by atoms with Crippen molar-refractivity contribution >= 4 is 43.1 Å². The van der Waals surface area contributed by atoms with Crippen LogP contribution in [0, 0.1) is 5.82 Å². The third-order valence-corrected chi connectivity index (χ3v) is 10.1. The Kier molecular flexibility index (Phi) is 7.61. The number of carbonyl (C=O) groups is 1. The van der Waals surface area contributed by atoms with Crippen LogP contribution < -0.4 is 9.62 Å². The second-order valence-electron chi connectivity index (χ2n) is 8.43. The monoisotopic (exact) mass is 566 g/mol. The summed E-state index contributed by atoms with van der Waals surface area (Å²) in [5.41, 5.74) is 0.742. The Morgan fingerprint density at radius 1 is 1.14 bits per heavy atom. The number of nitrogens with one attached hydrogen (secondary N) is 1. The molecule has 3 aromatic carbocycles. The van der Waals surface area contributed by atoms with Crippen molar-refractivity contribution in [2.24, 2.45) is 0 Å². The molecule has 0 aromatic heterocycles. The Balaban J connectivity index is 1.54. The van der Waals surface area contributed by atoms with Crippen LogP contribution in [0.25, 0.3) is 0 Å². The van der Waals surface area contributed by atoms with Crippen LogP contribution in [0.15, 0.2) is 70.5 Å². The molecule has 0 bridgehead atoms. The molecule has 1 aliphatic heterocycles. The number of rotatable bonds is 7. The maximum absolute atomic E-state index is 15.1. The van der Waals surface area contributed by atoms with Gasteiger partial charge in [0.15, 0.2) is 9.84 Å². The van der Waals surface area contributed by atoms with E-state index in [-0.39, 0.29) is 33.3 Å². The third-order valence-electron chi connectivity index (χ3n) is 6.16. The molecular weight excluding hydrogens is 543 g/mol. The van der Waals surface area contributed by atoms with Crippen molar-refractivity contribution in [1.82, 2.24) is 5.32 Å². The predicted molar refractivity (Wildman–Crippen MR) is 138 cm³/mol. The number of benzene rings is 3. The summed E-state index contributed by atoms with van der Waals surface area (Å²) in [4.78, 5) is 13.0. The number of sulfonamides is 1. The van der Waals surface area contributed by atoms with E-state index in [1.165, 1.54) is 55.5 Å². The molecular formula is C25H24ClFN2O6S2. The topological polar surface area (TPSA) is 121 Å². The lowest BCUT2D eigenvalue weighted by Gasteiger charge is -2.30. The number of nitrogens with zero attached hydrogens (tertiary/aromatic N) is 1. The van der Waals surface area contributed by atoms with Crippen LogP contribution >= 0.6 is 11.6 Å². The van der Waals surface area contributed by atoms with E-state index in [2.05, 4.69) is 5.32 Å². The standard InChI is InChI=1S/C25H24ClFN2O6S2/c1-2-36(32,33)20-7-3-16(4-8-20)22(15-30)28-25(31)18-5-9-23(21(27)14-18)29-12-11-17-13-19(26)6-10-24(17)37(29,34)35/h3-10,13-14,22,30H,2,11-12,15H2,1H3,(H,28,31). The van der Waals surface area contributed by atoms with E-state index >= 15 is 4.39 Å². The lowest BCUT2D eigenvalue weighted by molar-refractivity contribution is 0.0915. The zero-order valence-electron chi connectivity index (χ0n) is 19.7. The first-order valence-corrected chi connectivity index (χ1v) is 14.8. The highest BCUT2D eigenvalue weighted by atomic mass is 35.5. The average molecular weight is 567 g/mol. The summed E-state index contributed by atoms with van der Waals surface area (Å²) in [7, 11) is -7.43. The van der Waals surface area contributed by atoms with E-state index in [0.29, 0.717) is 22.6 Å². The number of aliphatic hydroxyl groups excluding tert-OH is 1. The maximum atomic E-state index is 15.1. The Hall–Kier alpha value is -2.99. The SMILES string of the molecule is CCS(=O)(=O)c1ccc(C(CO)NC(=O)c2ccc(N3CCc4cc(Cl)ccc4S3(=O)=O)c(F)c2)cc1. The van der Waals surface area contributed by atoms with Crippen LogP contribution in [0.5, 0.6) is 0 Å². The molecule has 0 spiro atoms. The second kappa shape index (κ2) is 10.4. The second-order valence-corrected chi connectivity index (χ2v) is 13.0. The fraction of sp³-hybridized carbons (Fsp3) is 0.240. The highest BCUT2D eigenvalue weighted by Crippen LogP contribution is 2.34. The summed E-state index contributed by atoms with van der Waals surface area (Å²) in [5, 5.41) is 12.8. The van der Waals surface area contributed by atoms with Gasteiger partial charge in [-0.15, -0.1) is 0 Å². The number of amides is 1. The quantitative estimate of drug-likeness (QED) is 0.452. The van der Waals surface area contributed by atoms with Crippen molar-refractivity contribution in [3.63, 3.8) is 0 Å². The number of anilines is 1. The third kappa shape index (κ3) is 5.35. The fourth-order valence-electron chi connectivity index (χ4n) is 4.11. The van der Waals surface area contributed by atoms with Crippen LogP contribution in [-0.2, 0) is 26.3 Å². The highest BCUT2D eigenvalue weighted by molar-refractivity contribution is 7.93. The van der Waals surface area contributed by atoms with Gasteiger partial charge in [0, 0.05) is 17.1 Å². The number of hydrogen-bond acceptors (Lipinski definition) is 6. The Labute approximate surface area is 219 Å². The van der Waals surface area contributed by atoms with E-state index in [9.17, 15) is 26.7 Å². The molecule has 4 rings (SSSR count). The van der Waals surface area contributed by atoms with Gasteiger partial charge >= 0.3 is 0 Å². The molecule has 1 amide bonds. The molecule has 1 heterocycles. The largest absolute Gasteiger partial charge is 0.394 e. The van der Waals surface area contributed by atoms with Crippen molar-refractivity contribution < 1.29 is 31.1 Å². The molecule has 2 N–H and O–H groups in total. The minimum absolute atomic E-state index is 0.00840. The van der Waals surface area contributed by atoms with Crippen LogP contribution in [0.4, 0.5) is 10.1 Å². The maximum Gasteiger partial charge on any atom is 0.264 e. The molecule has 1 atom stereocenters. The van der Waals surface area contributed by atoms with Crippen LogP contribution in [0.1, 0.15) is 34.5 Å². The molecule has 0 saturated carbocycles. The molecule has 8 nitrogen and oxygen atoms in total. The molecule has 196 valence electrons. The summed E-state index contributed by atoms with van der Waals surface area (Å²) >= 11 is 5.97. The van der Waals surface area contributed by atoms with E-state index in [1.807, 2.05) is 0 Å². The first-order valence-electron chi connectivity index (χ1n) is 11.3. The molecule has 1 aliphatic rings. The minimum Gasteiger partial charge on any atom is -0.394 e. The predicted octanol–water partition coefficient (Wildman–Crippen LogP) is 3.49. The smallest absolute Gasteiger partial charge is 0.264 e. The molecule has 1 unspecified atom stereocenters. The van der Waals surface area contributed by atoms with Crippen molar-refractivity contribution in [1.29, 1.82) is 0 Å². The Morgan fingerprint density at radius 3 is 2.46 bits per heavy atom. The van der Waals surface area contributed by atoms with E-state index in [1.54, 1.807) is 6.07 Å². The fourth-order valence-corrected chi connectivity index (χ4v) is 6.89. The van der Waals surface area contributed by atoms with Gasteiger partial charge in [0.05, 0.1) is 33.9 Å². The molecule has 0 radical (unpaired) electrons. The lowest BCUT2D eigenvalue weighted by atomic mass is 10.1. The van der Waals surface area contributed by atoms with Gasteiger partial charge in [-0.3, -0.25) is 9.10 Å². The lowest BCUT2D eigenvalue weighted by Crippen LogP contribution is -2.38. The molecule has 0 saturated heterocycles. The molecule has 0 aliphatic carbocycles. The average Bonchev–Trinajstić information content (AvgIpc) is 2.87. The number of sulfone groups is 1. The Bertz CT molecular complexity index is 1560. The summed E-state index contributed by atoms with van der Waals surface area (Å²) in [6.07, 6.45) is 0.341. The molecule has 12 heteroatoms. The molecule has 0 fully saturated rings. The number of aliphatic hydroxyl groups is 1.